The van der Waals surface area contributed by atoms with Crippen LogP contribution in [0.4, 0.5) is 0 Å². The smallest absolute Gasteiger partial charge is 0.0853 e. The molecular formula is C21H43NS2. The molecule has 0 amide bonds. The molecule has 0 rings (SSSR count). The summed E-state index contributed by atoms with van der Waals surface area (Å²) in [7, 11) is 0. The maximum Gasteiger partial charge on any atom is 0.0853 e. The van der Waals surface area contributed by atoms with Crippen LogP contribution < -0.4 is 5.32 Å². The summed E-state index contributed by atoms with van der Waals surface area (Å²) < 4.78 is 0. The van der Waals surface area contributed by atoms with E-state index in [9.17, 15) is 0 Å². The molecule has 0 fully saturated rings. The molecule has 24 heavy (non-hydrogen) atoms. The fourth-order valence-electron chi connectivity index (χ4n) is 3.08. The molecule has 0 aromatic heterocycles. The SMILES string of the molecule is CCCCCCCCCCCCCCCCCCNC(=S)CSC. The maximum absolute atomic E-state index is 5.23. The lowest BCUT2D eigenvalue weighted by Gasteiger charge is -2.06. The van der Waals surface area contributed by atoms with Crippen LogP contribution in [0.5, 0.6) is 0 Å². The minimum atomic E-state index is 0.966. The van der Waals surface area contributed by atoms with Gasteiger partial charge < -0.3 is 5.32 Å². The van der Waals surface area contributed by atoms with Gasteiger partial charge in [0, 0.05) is 12.3 Å². The standard InChI is InChI=1S/C21H43NS2/c1-3-4-5-6-7-8-9-10-11-12-13-14-15-16-17-18-19-22-21(23)20-24-2/h3-20H2,1-2H3,(H,22,23). The third-order valence-corrected chi connectivity index (χ3v) is 5.68. The molecule has 3 heteroatoms. The van der Waals surface area contributed by atoms with Crippen molar-refractivity contribution < 1.29 is 0 Å². The Morgan fingerprint density at radius 1 is 0.667 bits per heavy atom. The van der Waals surface area contributed by atoms with Crippen LogP contribution in [0.1, 0.15) is 110 Å². The first-order valence-electron chi connectivity index (χ1n) is 10.6. The Hall–Kier alpha value is 0.240. The molecule has 0 aliphatic heterocycles. The van der Waals surface area contributed by atoms with Crippen LogP contribution in [0.25, 0.3) is 0 Å². The Labute approximate surface area is 162 Å². The molecule has 144 valence electrons. The molecule has 0 radical (unpaired) electrons. The summed E-state index contributed by atoms with van der Waals surface area (Å²) in [5.41, 5.74) is 0. The van der Waals surface area contributed by atoms with Gasteiger partial charge in [-0.05, 0) is 12.7 Å². The second-order valence-corrected chi connectivity index (χ2v) is 8.45. The summed E-state index contributed by atoms with van der Waals surface area (Å²) in [6.45, 7) is 3.36. The van der Waals surface area contributed by atoms with Crippen LogP contribution in [0.3, 0.4) is 0 Å². The Morgan fingerprint density at radius 3 is 1.42 bits per heavy atom. The molecule has 0 atom stereocenters. The predicted molar refractivity (Wildman–Crippen MR) is 119 cm³/mol. The lowest BCUT2D eigenvalue weighted by Crippen LogP contribution is -2.24. The highest BCUT2D eigenvalue weighted by atomic mass is 32.2. The van der Waals surface area contributed by atoms with E-state index in [4.69, 9.17) is 12.2 Å². The van der Waals surface area contributed by atoms with Gasteiger partial charge in [0.25, 0.3) is 0 Å². The number of rotatable bonds is 19. The fourth-order valence-corrected chi connectivity index (χ4v) is 3.90. The number of hydrogen-bond acceptors (Lipinski definition) is 2. The van der Waals surface area contributed by atoms with E-state index in [2.05, 4.69) is 18.5 Å². The molecule has 0 aromatic carbocycles. The van der Waals surface area contributed by atoms with E-state index in [-0.39, 0.29) is 0 Å². The molecule has 0 heterocycles. The lowest BCUT2D eigenvalue weighted by atomic mass is 10.0. The maximum atomic E-state index is 5.23. The van der Waals surface area contributed by atoms with Crippen molar-refractivity contribution in [1.29, 1.82) is 0 Å². The van der Waals surface area contributed by atoms with Crippen LogP contribution in [-0.4, -0.2) is 23.5 Å². The van der Waals surface area contributed by atoms with Gasteiger partial charge in [0.15, 0.2) is 0 Å². The molecule has 1 nitrogen and oxygen atoms in total. The first-order chi connectivity index (χ1) is 11.8. The van der Waals surface area contributed by atoms with E-state index in [1.165, 1.54) is 103 Å². The molecule has 0 aromatic rings. The second-order valence-electron chi connectivity index (χ2n) is 7.09. The van der Waals surface area contributed by atoms with Crippen molar-refractivity contribution in [3.63, 3.8) is 0 Å². The first kappa shape index (κ1) is 24.2. The minimum Gasteiger partial charge on any atom is -0.379 e. The molecule has 0 aliphatic rings. The van der Waals surface area contributed by atoms with Crippen molar-refractivity contribution >= 4 is 29.0 Å². The van der Waals surface area contributed by atoms with Crippen molar-refractivity contribution in [2.45, 2.75) is 110 Å². The number of thiocarbonyl (C=S) groups is 1. The van der Waals surface area contributed by atoms with Crippen molar-refractivity contribution in [1.82, 2.24) is 5.32 Å². The van der Waals surface area contributed by atoms with E-state index in [0.29, 0.717) is 0 Å². The third kappa shape index (κ3) is 20.3. The number of nitrogens with one attached hydrogen (secondary N) is 1. The van der Waals surface area contributed by atoms with Gasteiger partial charge >= 0.3 is 0 Å². The van der Waals surface area contributed by atoms with Crippen LogP contribution in [0.15, 0.2) is 0 Å². The first-order valence-corrected chi connectivity index (χ1v) is 12.4. The van der Waals surface area contributed by atoms with Gasteiger partial charge in [-0.15, -0.1) is 0 Å². The summed E-state index contributed by atoms with van der Waals surface area (Å²) in [5, 5.41) is 3.34. The van der Waals surface area contributed by atoms with Crippen LogP contribution in [0, 0.1) is 0 Å². The third-order valence-electron chi connectivity index (χ3n) is 4.63. The highest BCUT2D eigenvalue weighted by Crippen LogP contribution is 2.13. The average Bonchev–Trinajstić information content (AvgIpc) is 2.58. The van der Waals surface area contributed by atoms with Gasteiger partial charge in [0.1, 0.15) is 0 Å². The molecule has 0 unspecified atom stereocenters. The van der Waals surface area contributed by atoms with E-state index in [0.717, 1.165) is 17.3 Å². The molecule has 0 spiro atoms. The molecule has 1 N–H and O–H groups in total. The lowest BCUT2D eigenvalue weighted by molar-refractivity contribution is 0.529. The quantitative estimate of drug-likeness (QED) is 0.186. The molecule has 0 aliphatic carbocycles. The zero-order chi connectivity index (χ0) is 17.7. The summed E-state index contributed by atoms with van der Waals surface area (Å²) in [5.74, 6) is 0.966. The highest BCUT2D eigenvalue weighted by Gasteiger charge is 1.96. The fraction of sp³-hybridized carbons (Fsp3) is 0.952. The minimum absolute atomic E-state index is 0.966. The molecule has 0 bridgehead atoms. The van der Waals surface area contributed by atoms with Crippen molar-refractivity contribution in [3.8, 4) is 0 Å². The Bertz CT molecular complexity index is 256. The zero-order valence-electron chi connectivity index (χ0n) is 16.5. The summed E-state index contributed by atoms with van der Waals surface area (Å²) in [6.07, 6.45) is 25.0. The van der Waals surface area contributed by atoms with Gasteiger partial charge in [-0.2, -0.15) is 11.8 Å². The number of unbranched alkanes of at least 4 members (excludes halogenated alkanes) is 15. The Kier molecular flexibility index (Phi) is 21.5. The van der Waals surface area contributed by atoms with Gasteiger partial charge in [-0.25, -0.2) is 0 Å². The topological polar surface area (TPSA) is 12.0 Å². The van der Waals surface area contributed by atoms with E-state index < -0.39 is 0 Å². The summed E-state index contributed by atoms with van der Waals surface area (Å²) in [4.78, 5) is 1.02. The van der Waals surface area contributed by atoms with Crippen LogP contribution in [-0.2, 0) is 0 Å². The number of thioether (sulfide) groups is 1. The van der Waals surface area contributed by atoms with Gasteiger partial charge in [0.2, 0.25) is 0 Å². The number of hydrogen-bond donors (Lipinski definition) is 1. The average molecular weight is 374 g/mol. The summed E-state index contributed by atoms with van der Waals surface area (Å²) >= 11 is 7.03. The highest BCUT2D eigenvalue weighted by molar-refractivity contribution is 8.00. The van der Waals surface area contributed by atoms with Gasteiger partial charge in [-0.1, -0.05) is 115 Å². The molecule has 0 saturated carbocycles. The van der Waals surface area contributed by atoms with Crippen molar-refractivity contribution in [2.24, 2.45) is 0 Å². The van der Waals surface area contributed by atoms with E-state index in [1.54, 1.807) is 11.8 Å². The van der Waals surface area contributed by atoms with E-state index >= 15 is 0 Å². The Balaban J connectivity index is 3.01. The van der Waals surface area contributed by atoms with Crippen LogP contribution >= 0.6 is 24.0 Å². The Morgan fingerprint density at radius 2 is 1.04 bits per heavy atom. The largest absolute Gasteiger partial charge is 0.379 e. The van der Waals surface area contributed by atoms with E-state index in [1.807, 2.05) is 0 Å². The molecular weight excluding hydrogens is 330 g/mol. The van der Waals surface area contributed by atoms with Gasteiger partial charge in [-0.3, -0.25) is 0 Å². The normalized spacial score (nSPS) is 10.9. The molecule has 0 saturated heterocycles. The zero-order valence-corrected chi connectivity index (χ0v) is 18.2. The van der Waals surface area contributed by atoms with Crippen LogP contribution in [0.2, 0.25) is 0 Å². The summed E-state index contributed by atoms with van der Waals surface area (Å²) in [6, 6.07) is 0. The van der Waals surface area contributed by atoms with Crippen molar-refractivity contribution in [3.05, 3.63) is 0 Å². The van der Waals surface area contributed by atoms with Crippen molar-refractivity contribution in [2.75, 3.05) is 18.6 Å². The predicted octanol–water partition coefficient (Wildman–Crippen LogP) is 7.53. The van der Waals surface area contributed by atoms with Gasteiger partial charge in [0.05, 0.1) is 4.99 Å². The second kappa shape index (κ2) is 21.3. The monoisotopic (exact) mass is 373 g/mol.